The first kappa shape index (κ1) is 13.8. The summed E-state index contributed by atoms with van der Waals surface area (Å²) in [5.74, 6) is -0.779. The molecule has 0 unspecified atom stereocenters. The van der Waals surface area contributed by atoms with E-state index in [1.54, 1.807) is 0 Å². The van der Waals surface area contributed by atoms with E-state index >= 15 is 0 Å². The first-order valence-corrected chi connectivity index (χ1v) is 5.65. The number of rotatable bonds is 4. The van der Waals surface area contributed by atoms with E-state index in [9.17, 15) is 13.8 Å². The van der Waals surface area contributed by atoms with Gasteiger partial charge in [0.25, 0.3) is 0 Å². The van der Waals surface area contributed by atoms with E-state index in [0.717, 1.165) is 0 Å². The quantitative estimate of drug-likeness (QED) is 0.399. The van der Waals surface area contributed by atoms with Crippen LogP contribution in [0.1, 0.15) is 0 Å². The summed E-state index contributed by atoms with van der Waals surface area (Å²) >= 11 is 2.06. The Bertz CT molecular complexity index is 283. The van der Waals surface area contributed by atoms with E-state index in [1.807, 2.05) is 22.4 Å². The van der Waals surface area contributed by atoms with Crippen molar-refractivity contribution in [2.45, 2.75) is 0 Å². The van der Waals surface area contributed by atoms with Crippen LogP contribution in [0.5, 0.6) is 0 Å². The van der Waals surface area contributed by atoms with Gasteiger partial charge in [-0.05, 0) is 0 Å². The summed E-state index contributed by atoms with van der Waals surface area (Å²) < 4.78 is 14.0. The molecule has 0 aliphatic rings. The van der Waals surface area contributed by atoms with Crippen LogP contribution in [0.15, 0.2) is 0 Å². The molecule has 0 saturated heterocycles. The van der Waals surface area contributed by atoms with Gasteiger partial charge >= 0.3 is 99.9 Å². The Morgan fingerprint density at radius 2 is 2.21 bits per heavy atom. The number of hydrogen-bond donors (Lipinski definition) is 0. The van der Waals surface area contributed by atoms with Crippen molar-refractivity contribution in [3.05, 3.63) is 0 Å². The zero-order valence-corrected chi connectivity index (χ0v) is 10.7. The van der Waals surface area contributed by atoms with Crippen LogP contribution in [0.2, 0.25) is 0 Å². The number of likely N-dealkylation sites (N-methyl/N-ethyl adjacent to an activating group) is 1. The molecule has 0 aromatic carbocycles. The van der Waals surface area contributed by atoms with E-state index < -0.39 is 10.4 Å². The number of carbonyl (C=O) groups excluding carboxylic acids is 2. The number of esters is 1. The normalized spacial score (nSPS) is 8.50. The average Bonchev–Trinajstić information content (AvgIpc) is 2.16. The van der Waals surface area contributed by atoms with Gasteiger partial charge < -0.3 is 0 Å². The third kappa shape index (κ3) is 4.89. The first-order valence-electron chi connectivity index (χ1n) is 3.60. The molecule has 0 aliphatic carbocycles. The molecule has 5 nitrogen and oxygen atoms in total. The minimum absolute atomic E-state index is 0.105. The SMILES string of the molecule is COC(=O)CN(C)C(=O)B(I)B=S=O. The van der Waals surface area contributed by atoms with E-state index in [0.29, 0.717) is 0 Å². The Morgan fingerprint density at radius 1 is 1.64 bits per heavy atom. The minimum atomic E-state index is -0.523. The predicted octanol–water partition coefficient (Wildman–Crippen LogP) is -0.452. The van der Waals surface area contributed by atoms with Gasteiger partial charge in [-0.3, -0.25) is 0 Å². The molecular formula is C5H8B2INO4S. The first-order chi connectivity index (χ1) is 6.52. The molecule has 0 aromatic rings. The van der Waals surface area contributed by atoms with Crippen molar-refractivity contribution >= 4 is 55.7 Å². The number of methoxy groups -OCH3 is 1. The molecule has 0 spiro atoms. The van der Waals surface area contributed by atoms with Crippen LogP contribution >= 0.6 is 22.4 Å². The van der Waals surface area contributed by atoms with E-state index in [-0.39, 0.29) is 23.4 Å². The monoisotopic (exact) mass is 327 g/mol. The Hall–Kier alpha value is -0.180. The van der Waals surface area contributed by atoms with Crippen molar-refractivity contribution in [2.75, 3.05) is 20.7 Å². The molecule has 1 amide bonds. The zero-order chi connectivity index (χ0) is 11.1. The summed E-state index contributed by atoms with van der Waals surface area (Å²) in [6.07, 6.45) is 0. The van der Waals surface area contributed by atoms with Gasteiger partial charge in [-0.1, -0.05) is 0 Å². The second-order valence-electron chi connectivity index (χ2n) is 2.40. The summed E-state index contributed by atoms with van der Waals surface area (Å²) in [6.45, 7) is -0.105. The van der Waals surface area contributed by atoms with Gasteiger partial charge in [0.1, 0.15) is 0 Å². The molecule has 0 radical (unpaired) electrons. The topological polar surface area (TPSA) is 63.7 Å². The number of carbonyl (C=O) groups is 2. The Morgan fingerprint density at radius 3 is 2.64 bits per heavy atom. The van der Waals surface area contributed by atoms with Gasteiger partial charge in [-0.15, -0.1) is 0 Å². The predicted molar refractivity (Wildman–Crippen MR) is 63.7 cm³/mol. The van der Waals surface area contributed by atoms with Crippen LogP contribution in [0.4, 0.5) is 4.79 Å². The fraction of sp³-hybridized carbons (Fsp3) is 0.600. The third-order valence-electron chi connectivity index (χ3n) is 1.38. The molecule has 76 valence electrons. The molecular weight excluding hydrogens is 319 g/mol. The van der Waals surface area contributed by atoms with E-state index in [1.165, 1.54) is 25.1 Å². The number of ether oxygens (including phenoxy) is 1. The van der Waals surface area contributed by atoms with Crippen molar-refractivity contribution in [3.63, 3.8) is 0 Å². The molecule has 0 saturated carbocycles. The van der Waals surface area contributed by atoms with Crippen LogP contribution in [0.25, 0.3) is 0 Å². The van der Waals surface area contributed by atoms with Crippen LogP contribution < -0.4 is 0 Å². The number of amides is 1. The van der Waals surface area contributed by atoms with Crippen molar-refractivity contribution < 1.29 is 18.5 Å². The van der Waals surface area contributed by atoms with Crippen molar-refractivity contribution in [1.82, 2.24) is 4.90 Å². The molecule has 0 atom stereocenters. The number of halogens is 1. The van der Waals surface area contributed by atoms with Gasteiger partial charge in [0.05, 0.1) is 0 Å². The Kier molecular flexibility index (Phi) is 7.06. The van der Waals surface area contributed by atoms with E-state index in [4.69, 9.17) is 0 Å². The van der Waals surface area contributed by atoms with Crippen LogP contribution in [-0.2, 0) is 20.6 Å². The second-order valence-corrected chi connectivity index (χ2v) is 4.21. The van der Waals surface area contributed by atoms with Gasteiger partial charge in [0, 0.05) is 0 Å². The summed E-state index contributed by atoms with van der Waals surface area (Å²) in [6, 6.07) is 1.26. The molecule has 0 N–H and O–H groups in total. The molecule has 14 heavy (non-hydrogen) atoms. The summed E-state index contributed by atoms with van der Waals surface area (Å²) in [7, 11) is 2.73. The van der Waals surface area contributed by atoms with Crippen LogP contribution in [-0.4, -0.2) is 52.1 Å². The molecule has 0 rings (SSSR count). The maximum atomic E-state index is 11.4. The fourth-order valence-electron chi connectivity index (χ4n) is 0.654. The summed E-state index contributed by atoms with van der Waals surface area (Å²) in [5, 5.41) is 0. The molecule has 0 aliphatic heterocycles. The molecule has 9 heteroatoms. The standard InChI is InChI=1S/C5H8B2INO4S/c1-9(3-4(10)13-2)5(11)7(8)6-14-12/h3H2,1-2H3. The van der Waals surface area contributed by atoms with Gasteiger partial charge in [0.2, 0.25) is 0 Å². The molecule has 0 fully saturated rings. The van der Waals surface area contributed by atoms with Gasteiger partial charge in [0.15, 0.2) is 0 Å². The Balaban J connectivity index is 4.24. The zero-order valence-electron chi connectivity index (χ0n) is 7.73. The maximum absolute atomic E-state index is 11.4. The van der Waals surface area contributed by atoms with Gasteiger partial charge in [-0.25, -0.2) is 0 Å². The molecule has 0 aromatic heterocycles. The second kappa shape index (κ2) is 7.16. The van der Waals surface area contributed by atoms with Crippen molar-refractivity contribution in [3.8, 4) is 0 Å². The molecule has 0 heterocycles. The number of nitrogens with zero attached hydrogens (tertiary/aromatic N) is 1. The average molecular weight is 327 g/mol. The Labute approximate surface area is 99.7 Å². The fourth-order valence-corrected chi connectivity index (χ4v) is 1.70. The van der Waals surface area contributed by atoms with Crippen molar-refractivity contribution in [1.29, 1.82) is 0 Å². The number of hydrogen-bond acceptors (Lipinski definition) is 4. The van der Waals surface area contributed by atoms with E-state index in [2.05, 4.69) is 4.74 Å². The molecule has 0 bridgehead atoms. The van der Waals surface area contributed by atoms with Crippen LogP contribution in [0.3, 0.4) is 0 Å². The third-order valence-corrected chi connectivity index (χ3v) is 3.14. The summed E-state index contributed by atoms with van der Waals surface area (Å²) in [4.78, 5) is 23.4. The van der Waals surface area contributed by atoms with Crippen molar-refractivity contribution in [2.24, 2.45) is 0 Å². The summed E-state index contributed by atoms with van der Waals surface area (Å²) in [5.41, 5.74) is 0. The van der Waals surface area contributed by atoms with Gasteiger partial charge in [-0.2, -0.15) is 0 Å². The van der Waals surface area contributed by atoms with Crippen LogP contribution in [0, 0.1) is 0 Å².